The van der Waals surface area contributed by atoms with Gasteiger partial charge in [-0.3, -0.25) is 18.5 Å². The lowest BCUT2D eigenvalue weighted by molar-refractivity contribution is 0.306. The Morgan fingerprint density at radius 1 is 0.865 bits per heavy atom. The van der Waals surface area contributed by atoms with Crippen molar-refractivity contribution < 1.29 is 4.74 Å². The maximum atomic E-state index is 13.0. The van der Waals surface area contributed by atoms with Crippen molar-refractivity contribution in [3.63, 3.8) is 0 Å². The number of fused-ring (bicyclic) bond motifs is 1. The number of anilines is 1. The summed E-state index contributed by atoms with van der Waals surface area (Å²) in [5.41, 5.74) is 5.66. The van der Waals surface area contributed by atoms with Crippen molar-refractivity contribution >= 4 is 23.3 Å². The van der Waals surface area contributed by atoms with Gasteiger partial charge in [0.25, 0.3) is 5.56 Å². The SMILES string of the molecule is Cn1c(=O)c2c(nc(N/N=C\c3ccc(OCc4ccccc4)cc3)n2Cc2ccccc2)n(C)c1=O. The molecule has 0 spiro atoms. The highest BCUT2D eigenvalue weighted by Crippen LogP contribution is 2.18. The summed E-state index contributed by atoms with van der Waals surface area (Å²) in [5, 5.41) is 4.34. The van der Waals surface area contributed by atoms with E-state index in [4.69, 9.17) is 4.74 Å². The van der Waals surface area contributed by atoms with E-state index < -0.39 is 11.2 Å². The molecule has 186 valence electrons. The van der Waals surface area contributed by atoms with Crippen molar-refractivity contribution in [3.8, 4) is 5.75 Å². The zero-order chi connectivity index (χ0) is 25.8. The maximum Gasteiger partial charge on any atom is 0.332 e. The third-order valence-corrected chi connectivity index (χ3v) is 6.04. The largest absolute Gasteiger partial charge is 0.489 e. The average molecular weight is 495 g/mol. The van der Waals surface area contributed by atoms with Crippen molar-refractivity contribution in [2.45, 2.75) is 13.2 Å². The van der Waals surface area contributed by atoms with E-state index in [1.165, 1.54) is 11.6 Å². The van der Waals surface area contributed by atoms with Crippen molar-refractivity contribution in [1.82, 2.24) is 18.7 Å². The Morgan fingerprint density at radius 3 is 2.19 bits per heavy atom. The van der Waals surface area contributed by atoms with Gasteiger partial charge in [0.2, 0.25) is 5.95 Å². The first-order valence-electron chi connectivity index (χ1n) is 11.8. The molecule has 9 nitrogen and oxygen atoms in total. The van der Waals surface area contributed by atoms with E-state index in [1.54, 1.807) is 17.8 Å². The van der Waals surface area contributed by atoms with Crippen molar-refractivity contribution in [2.75, 3.05) is 5.43 Å². The van der Waals surface area contributed by atoms with Gasteiger partial charge in [0, 0.05) is 14.1 Å². The molecular weight excluding hydrogens is 468 g/mol. The molecular formula is C28H26N6O3. The maximum absolute atomic E-state index is 13.0. The second kappa shape index (κ2) is 10.4. The van der Waals surface area contributed by atoms with Crippen LogP contribution in [0.15, 0.2) is 99.6 Å². The molecule has 9 heteroatoms. The summed E-state index contributed by atoms with van der Waals surface area (Å²) in [5.74, 6) is 1.12. The van der Waals surface area contributed by atoms with Crippen LogP contribution in [-0.4, -0.2) is 24.9 Å². The Bertz CT molecular complexity index is 1670. The number of nitrogens with zero attached hydrogens (tertiary/aromatic N) is 5. The molecule has 1 N–H and O–H groups in total. The van der Waals surface area contributed by atoms with Gasteiger partial charge in [0.05, 0.1) is 12.8 Å². The van der Waals surface area contributed by atoms with Gasteiger partial charge in [-0.1, -0.05) is 60.7 Å². The van der Waals surface area contributed by atoms with Crippen LogP contribution >= 0.6 is 0 Å². The van der Waals surface area contributed by atoms with E-state index >= 15 is 0 Å². The van der Waals surface area contributed by atoms with E-state index in [0.29, 0.717) is 30.3 Å². The highest BCUT2D eigenvalue weighted by molar-refractivity contribution is 5.80. The van der Waals surface area contributed by atoms with Gasteiger partial charge in [0.15, 0.2) is 11.2 Å². The third kappa shape index (κ3) is 5.06. The molecule has 0 atom stereocenters. The second-order valence-corrected chi connectivity index (χ2v) is 8.60. The molecule has 37 heavy (non-hydrogen) atoms. The Hall–Kier alpha value is -4.92. The van der Waals surface area contributed by atoms with Crippen LogP contribution in [0.3, 0.4) is 0 Å². The molecule has 0 saturated heterocycles. The molecule has 0 bridgehead atoms. The molecule has 5 aromatic rings. The van der Waals surface area contributed by atoms with E-state index in [0.717, 1.165) is 27.0 Å². The minimum Gasteiger partial charge on any atom is -0.489 e. The van der Waals surface area contributed by atoms with Crippen molar-refractivity contribution in [2.24, 2.45) is 19.2 Å². The van der Waals surface area contributed by atoms with Gasteiger partial charge >= 0.3 is 5.69 Å². The molecule has 0 saturated carbocycles. The number of imidazole rings is 1. The number of hydrazone groups is 1. The van der Waals surface area contributed by atoms with Crippen LogP contribution in [0.4, 0.5) is 5.95 Å². The van der Waals surface area contributed by atoms with Crippen LogP contribution in [-0.2, 0) is 27.2 Å². The van der Waals surface area contributed by atoms with Gasteiger partial charge in [-0.2, -0.15) is 10.1 Å². The zero-order valence-electron chi connectivity index (χ0n) is 20.5. The zero-order valence-corrected chi connectivity index (χ0v) is 20.5. The first-order chi connectivity index (χ1) is 18.0. The number of aryl methyl sites for hydroxylation is 1. The Kier molecular flexibility index (Phi) is 6.67. The van der Waals surface area contributed by atoms with Crippen molar-refractivity contribution in [3.05, 3.63) is 122 Å². The predicted molar refractivity (Wildman–Crippen MR) is 144 cm³/mol. The van der Waals surface area contributed by atoms with Crippen LogP contribution in [0.25, 0.3) is 11.2 Å². The summed E-state index contributed by atoms with van der Waals surface area (Å²) in [4.78, 5) is 30.0. The molecule has 0 fully saturated rings. The monoisotopic (exact) mass is 494 g/mol. The smallest absolute Gasteiger partial charge is 0.332 e. The lowest BCUT2D eigenvalue weighted by atomic mass is 10.2. The summed E-state index contributed by atoms with van der Waals surface area (Å²) in [6.45, 7) is 0.880. The summed E-state index contributed by atoms with van der Waals surface area (Å²) in [7, 11) is 3.06. The van der Waals surface area contributed by atoms with E-state index in [2.05, 4.69) is 15.5 Å². The normalized spacial score (nSPS) is 11.3. The van der Waals surface area contributed by atoms with E-state index in [-0.39, 0.29) is 0 Å². The molecule has 0 aliphatic heterocycles. The highest BCUT2D eigenvalue weighted by Gasteiger charge is 2.19. The van der Waals surface area contributed by atoms with Crippen LogP contribution < -0.4 is 21.4 Å². The second-order valence-electron chi connectivity index (χ2n) is 8.60. The van der Waals surface area contributed by atoms with Gasteiger partial charge in [-0.25, -0.2) is 10.2 Å². The minimum atomic E-state index is -0.438. The van der Waals surface area contributed by atoms with Crippen LogP contribution in [0.2, 0.25) is 0 Å². The number of rotatable bonds is 8. The summed E-state index contributed by atoms with van der Waals surface area (Å²) < 4.78 is 10.0. The highest BCUT2D eigenvalue weighted by atomic mass is 16.5. The number of nitrogens with one attached hydrogen (secondary N) is 1. The Morgan fingerprint density at radius 2 is 1.51 bits per heavy atom. The number of benzene rings is 3. The summed E-state index contributed by atoms with van der Waals surface area (Å²) in [6, 6.07) is 27.3. The minimum absolute atomic E-state index is 0.293. The van der Waals surface area contributed by atoms with E-state index in [1.807, 2.05) is 84.9 Å². The summed E-state index contributed by atoms with van der Waals surface area (Å²) in [6.07, 6.45) is 1.66. The Labute approximate surface area is 212 Å². The molecule has 0 amide bonds. The fourth-order valence-electron chi connectivity index (χ4n) is 4.01. The van der Waals surface area contributed by atoms with Gasteiger partial charge in [0.1, 0.15) is 12.4 Å². The number of ether oxygens (including phenoxy) is 1. The first kappa shape index (κ1) is 23.8. The standard InChI is InChI=1S/C28H26N6O3/c1-32-25-24(26(35)33(2)28(32)36)34(18-21-9-5-3-6-10-21)27(30-25)31-29-17-20-13-15-23(16-14-20)37-19-22-11-7-4-8-12-22/h3-17H,18-19H2,1-2H3,(H,30,31)/b29-17-. The molecule has 3 aromatic carbocycles. The van der Waals surface area contributed by atoms with E-state index in [9.17, 15) is 9.59 Å². The first-order valence-corrected chi connectivity index (χ1v) is 11.8. The molecule has 5 rings (SSSR count). The molecule has 2 aromatic heterocycles. The lowest BCUT2D eigenvalue weighted by Gasteiger charge is -2.09. The molecule has 0 aliphatic rings. The topological polar surface area (TPSA) is 95.4 Å². The molecule has 0 unspecified atom stereocenters. The quantitative estimate of drug-likeness (QED) is 0.263. The predicted octanol–water partition coefficient (Wildman–Crippen LogP) is 3.51. The Balaban J connectivity index is 1.38. The number of hydrogen-bond acceptors (Lipinski definition) is 6. The third-order valence-electron chi connectivity index (χ3n) is 6.04. The molecule has 0 radical (unpaired) electrons. The van der Waals surface area contributed by atoms with Crippen LogP contribution in [0.1, 0.15) is 16.7 Å². The van der Waals surface area contributed by atoms with Crippen molar-refractivity contribution in [1.29, 1.82) is 0 Å². The number of aromatic nitrogens is 4. The van der Waals surface area contributed by atoms with Gasteiger partial charge < -0.3 is 4.74 Å². The molecule has 0 aliphatic carbocycles. The summed E-state index contributed by atoms with van der Waals surface area (Å²) >= 11 is 0. The number of hydrogen-bond donors (Lipinski definition) is 1. The fourth-order valence-corrected chi connectivity index (χ4v) is 4.01. The van der Waals surface area contributed by atoms with Gasteiger partial charge in [-0.05, 0) is 41.0 Å². The molecule has 2 heterocycles. The lowest BCUT2D eigenvalue weighted by Crippen LogP contribution is -2.37. The van der Waals surface area contributed by atoms with Gasteiger partial charge in [-0.15, -0.1) is 0 Å². The van der Waals surface area contributed by atoms with Crippen LogP contribution in [0.5, 0.6) is 5.75 Å². The van der Waals surface area contributed by atoms with Crippen LogP contribution in [0, 0.1) is 0 Å². The fraction of sp³-hybridized carbons (Fsp3) is 0.143. The average Bonchev–Trinajstić information content (AvgIpc) is 3.29.